The molecule has 2 unspecified atom stereocenters. The van der Waals surface area contributed by atoms with E-state index in [1.807, 2.05) is 0 Å². The number of carbonyl (C=O) groups is 1. The molecule has 18 heavy (non-hydrogen) atoms. The summed E-state index contributed by atoms with van der Waals surface area (Å²) in [5, 5.41) is 12.2. The first-order valence-electron chi connectivity index (χ1n) is 6.91. The summed E-state index contributed by atoms with van der Waals surface area (Å²) in [7, 11) is 0. The predicted molar refractivity (Wildman–Crippen MR) is 70.9 cm³/mol. The van der Waals surface area contributed by atoms with Crippen LogP contribution in [0.2, 0.25) is 0 Å². The molecular formula is C14H19NO2S. The van der Waals surface area contributed by atoms with E-state index in [2.05, 4.69) is 5.38 Å². The van der Waals surface area contributed by atoms with Gasteiger partial charge >= 0.3 is 5.97 Å². The molecule has 0 bridgehead atoms. The molecule has 2 aliphatic carbocycles. The molecule has 0 spiro atoms. The van der Waals surface area contributed by atoms with Gasteiger partial charge in [-0.2, -0.15) is 0 Å². The lowest BCUT2D eigenvalue weighted by Gasteiger charge is -2.19. The summed E-state index contributed by atoms with van der Waals surface area (Å²) >= 11 is 1.72. The first-order valence-corrected chi connectivity index (χ1v) is 7.79. The molecule has 1 heterocycles. The van der Waals surface area contributed by atoms with E-state index in [0.29, 0.717) is 11.8 Å². The fourth-order valence-electron chi connectivity index (χ4n) is 3.00. The lowest BCUT2D eigenvalue weighted by molar-refractivity contribution is -0.138. The zero-order chi connectivity index (χ0) is 12.5. The molecule has 3 nitrogen and oxygen atoms in total. The SMILES string of the molecule is O=C(O)C1CC1Cc1nc(C2CCCCC2)cs1. The maximum absolute atomic E-state index is 10.8. The third-order valence-electron chi connectivity index (χ3n) is 4.27. The van der Waals surface area contributed by atoms with Gasteiger partial charge in [-0.25, -0.2) is 4.98 Å². The van der Waals surface area contributed by atoms with E-state index in [1.54, 1.807) is 11.3 Å². The first-order chi connectivity index (χ1) is 8.74. The summed E-state index contributed by atoms with van der Waals surface area (Å²) in [6, 6.07) is 0. The molecule has 2 saturated carbocycles. The van der Waals surface area contributed by atoms with Crippen molar-refractivity contribution in [1.29, 1.82) is 0 Å². The van der Waals surface area contributed by atoms with Gasteiger partial charge in [0.15, 0.2) is 0 Å². The summed E-state index contributed by atoms with van der Waals surface area (Å²) in [4.78, 5) is 15.5. The standard InChI is InChI=1S/C14H19NO2S/c16-14(17)11-6-10(11)7-13-15-12(8-18-13)9-4-2-1-3-5-9/h8-11H,1-7H2,(H,16,17). The highest BCUT2D eigenvalue weighted by Gasteiger charge is 2.43. The van der Waals surface area contributed by atoms with Gasteiger partial charge in [-0.3, -0.25) is 4.79 Å². The normalized spacial score (nSPS) is 28.2. The zero-order valence-electron chi connectivity index (χ0n) is 10.5. The quantitative estimate of drug-likeness (QED) is 0.907. The maximum Gasteiger partial charge on any atom is 0.306 e. The van der Waals surface area contributed by atoms with Crippen LogP contribution < -0.4 is 0 Å². The Labute approximate surface area is 111 Å². The number of carboxylic acids is 1. The second-order valence-corrected chi connectivity index (χ2v) is 6.59. The highest BCUT2D eigenvalue weighted by atomic mass is 32.1. The minimum absolute atomic E-state index is 0.105. The monoisotopic (exact) mass is 265 g/mol. The number of thiazole rings is 1. The molecule has 0 radical (unpaired) electrons. The number of rotatable bonds is 4. The summed E-state index contributed by atoms with van der Waals surface area (Å²) in [5.41, 5.74) is 1.27. The van der Waals surface area contributed by atoms with Crippen LogP contribution >= 0.6 is 11.3 Å². The second kappa shape index (κ2) is 5.00. The Bertz CT molecular complexity index is 437. The Balaban J connectivity index is 1.58. The molecule has 0 amide bonds. The molecule has 1 aromatic heterocycles. The fourth-order valence-corrected chi connectivity index (χ4v) is 3.98. The topological polar surface area (TPSA) is 50.2 Å². The van der Waals surface area contributed by atoms with Gasteiger partial charge in [-0.05, 0) is 25.2 Å². The highest BCUT2D eigenvalue weighted by Crippen LogP contribution is 2.42. The Hall–Kier alpha value is -0.900. The van der Waals surface area contributed by atoms with Crippen molar-refractivity contribution in [3.05, 3.63) is 16.1 Å². The van der Waals surface area contributed by atoms with Crippen LogP contribution in [0.25, 0.3) is 0 Å². The van der Waals surface area contributed by atoms with Crippen molar-refractivity contribution < 1.29 is 9.90 Å². The molecule has 0 saturated heterocycles. The van der Waals surface area contributed by atoms with E-state index in [9.17, 15) is 4.79 Å². The Morgan fingerprint density at radius 2 is 2.17 bits per heavy atom. The molecule has 1 N–H and O–H groups in total. The molecule has 2 aliphatic rings. The fraction of sp³-hybridized carbons (Fsp3) is 0.714. The van der Waals surface area contributed by atoms with Crippen LogP contribution in [-0.4, -0.2) is 16.1 Å². The average molecular weight is 265 g/mol. The van der Waals surface area contributed by atoms with Crippen molar-refractivity contribution in [2.24, 2.45) is 11.8 Å². The van der Waals surface area contributed by atoms with E-state index >= 15 is 0 Å². The van der Waals surface area contributed by atoms with E-state index < -0.39 is 5.97 Å². The molecule has 4 heteroatoms. The number of aromatic nitrogens is 1. The van der Waals surface area contributed by atoms with Gasteiger partial charge in [0.2, 0.25) is 0 Å². The van der Waals surface area contributed by atoms with Gasteiger partial charge in [0.1, 0.15) is 0 Å². The second-order valence-electron chi connectivity index (χ2n) is 5.65. The number of carboxylic acid groups (broad SMARTS) is 1. The van der Waals surface area contributed by atoms with Crippen molar-refractivity contribution in [3.63, 3.8) is 0 Å². The summed E-state index contributed by atoms with van der Waals surface area (Å²) in [6.45, 7) is 0. The predicted octanol–water partition coefficient (Wildman–Crippen LogP) is 3.45. The largest absolute Gasteiger partial charge is 0.481 e. The minimum Gasteiger partial charge on any atom is -0.481 e. The molecule has 0 aromatic carbocycles. The molecule has 98 valence electrons. The number of nitrogens with zero attached hydrogens (tertiary/aromatic N) is 1. The van der Waals surface area contributed by atoms with E-state index in [0.717, 1.165) is 17.8 Å². The van der Waals surface area contributed by atoms with Crippen molar-refractivity contribution in [1.82, 2.24) is 4.98 Å². The van der Waals surface area contributed by atoms with E-state index in [4.69, 9.17) is 10.1 Å². The number of hydrogen-bond donors (Lipinski definition) is 1. The Morgan fingerprint density at radius 3 is 2.83 bits per heavy atom. The Morgan fingerprint density at radius 1 is 1.39 bits per heavy atom. The van der Waals surface area contributed by atoms with Gasteiger partial charge < -0.3 is 5.11 Å². The Kier molecular flexibility index (Phi) is 3.37. The van der Waals surface area contributed by atoms with Gasteiger partial charge in [0.05, 0.1) is 16.6 Å². The molecule has 0 aliphatic heterocycles. The van der Waals surface area contributed by atoms with Crippen LogP contribution in [0.15, 0.2) is 5.38 Å². The molecule has 2 fully saturated rings. The number of hydrogen-bond acceptors (Lipinski definition) is 3. The smallest absolute Gasteiger partial charge is 0.306 e. The molecule has 3 rings (SSSR count). The number of aliphatic carboxylic acids is 1. The van der Waals surface area contributed by atoms with Crippen molar-refractivity contribution >= 4 is 17.3 Å². The van der Waals surface area contributed by atoms with E-state index in [1.165, 1.54) is 37.8 Å². The van der Waals surface area contributed by atoms with Crippen LogP contribution in [0.4, 0.5) is 0 Å². The first kappa shape index (κ1) is 12.2. The van der Waals surface area contributed by atoms with Gasteiger partial charge in [-0.1, -0.05) is 19.3 Å². The molecule has 1 aromatic rings. The van der Waals surface area contributed by atoms with Crippen molar-refractivity contribution in [2.75, 3.05) is 0 Å². The molecular weight excluding hydrogens is 246 g/mol. The van der Waals surface area contributed by atoms with Gasteiger partial charge in [0.25, 0.3) is 0 Å². The van der Waals surface area contributed by atoms with Crippen LogP contribution in [0.5, 0.6) is 0 Å². The highest BCUT2D eigenvalue weighted by molar-refractivity contribution is 7.09. The minimum atomic E-state index is -0.635. The summed E-state index contributed by atoms with van der Waals surface area (Å²) < 4.78 is 0. The lowest BCUT2D eigenvalue weighted by atomic mass is 9.87. The molecule has 2 atom stereocenters. The lowest BCUT2D eigenvalue weighted by Crippen LogP contribution is -2.05. The maximum atomic E-state index is 10.8. The van der Waals surface area contributed by atoms with Crippen LogP contribution in [0, 0.1) is 11.8 Å². The zero-order valence-corrected chi connectivity index (χ0v) is 11.3. The average Bonchev–Trinajstić information content (AvgIpc) is 2.99. The third-order valence-corrected chi connectivity index (χ3v) is 5.16. The van der Waals surface area contributed by atoms with Crippen LogP contribution in [0.3, 0.4) is 0 Å². The van der Waals surface area contributed by atoms with Crippen molar-refractivity contribution in [3.8, 4) is 0 Å². The summed E-state index contributed by atoms with van der Waals surface area (Å²) in [5.74, 6) is 0.266. The van der Waals surface area contributed by atoms with Crippen molar-refractivity contribution in [2.45, 2.75) is 50.9 Å². The van der Waals surface area contributed by atoms with Gasteiger partial charge in [-0.15, -0.1) is 11.3 Å². The third kappa shape index (κ3) is 2.58. The van der Waals surface area contributed by atoms with Crippen LogP contribution in [-0.2, 0) is 11.2 Å². The van der Waals surface area contributed by atoms with E-state index in [-0.39, 0.29) is 5.92 Å². The summed E-state index contributed by atoms with van der Waals surface area (Å²) in [6.07, 6.45) is 8.31. The van der Waals surface area contributed by atoms with Gasteiger partial charge in [0, 0.05) is 17.7 Å². The van der Waals surface area contributed by atoms with Crippen LogP contribution in [0.1, 0.15) is 55.1 Å².